The van der Waals surface area contributed by atoms with Gasteiger partial charge >= 0.3 is 0 Å². The molecule has 0 aliphatic heterocycles. The molecule has 0 heterocycles. The van der Waals surface area contributed by atoms with Gasteiger partial charge in [-0.3, -0.25) is 0 Å². The Morgan fingerprint density at radius 2 is 1.46 bits per heavy atom. The van der Waals surface area contributed by atoms with E-state index in [1.165, 1.54) is 89.9 Å². The Bertz CT molecular complexity index is 305. The summed E-state index contributed by atoms with van der Waals surface area (Å²) in [5.41, 5.74) is 0. The third kappa shape index (κ3) is 6.36. The van der Waals surface area contributed by atoms with Gasteiger partial charge in [0.05, 0.1) is 6.10 Å². The predicted molar refractivity (Wildman–Crippen MR) is 105 cm³/mol. The van der Waals surface area contributed by atoms with Gasteiger partial charge in [-0.25, -0.2) is 0 Å². The van der Waals surface area contributed by atoms with Crippen molar-refractivity contribution in [1.29, 1.82) is 0 Å². The quantitative estimate of drug-likeness (QED) is 0.378. The van der Waals surface area contributed by atoms with Crippen LogP contribution in [-0.2, 0) is 4.74 Å². The Kier molecular flexibility index (Phi) is 9.76. The highest BCUT2D eigenvalue weighted by Gasteiger charge is 2.35. The minimum atomic E-state index is 0.572. The van der Waals surface area contributed by atoms with Crippen LogP contribution in [0.5, 0.6) is 0 Å². The molecule has 0 aromatic carbocycles. The Morgan fingerprint density at radius 1 is 0.750 bits per heavy atom. The van der Waals surface area contributed by atoms with Gasteiger partial charge in [0, 0.05) is 6.61 Å². The van der Waals surface area contributed by atoms with E-state index in [4.69, 9.17) is 4.74 Å². The van der Waals surface area contributed by atoms with Crippen LogP contribution in [-0.4, -0.2) is 12.7 Å². The van der Waals surface area contributed by atoms with E-state index in [-0.39, 0.29) is 0 Å². The first-order valence-electron chi connectivity index (χ1n) is 11.4. The van der Waals surface area contributed by atoms with Crippen LogP contribution in [0.2, 0.25) is 0 Å². The van der Waals surface area contributed by atoms with Crippen LogP contribution < -0.4 is 0 Å². The summed E-state index contributed by atoms with van der Waals surface area (Å²) in [7, 11) is 0. The normalized spacial score (nSPS) is 34.4. The van der Waals surface area contributed by atoms with Crippen LogP contribution in [0.1, 0.15) is 111 Å². The molecular weight excluding hydrogens is 292 g/mol. The van der Waals surface area contributed by atoms with E-state index >= 15 is 0 Å². The van der Waals surface area contributed by atoms with Gasteiger partial charge in [-0.1, -0.05) is 72.1 Å². The fourth-order valence-electron chi connectivity index (χ4n) is 5.36. The van der Waals surface area contributed by atoms with E-state index in [1.54, 1.807) is 0 Å². The molecular formula is C23H44O. The van der Waals surface area contributed by atoms with E-state index in [0.717, 1.165) is 30.3 Å². The summed E-state index contributed by atoms with van der Waals surface area (Å²) in [6.45, 7) is 7.96. The van der Waals surface area contributed by atoms with Crippen molar-refractivity contribution in [2.45, 2.75) is 117 Å². The smallest absolute Gasteiger partial charge is 0.0603 e. The topological polar surface area (TPSA) is 9.23 Å². The average molecular weight is 337 g/mol. The van der Waals surface area contributed by atoms with Gasteiger partial charge < -0.3 is 4.74 Å². The molecule has 1 unspecified atom stereocenters. The van der Waals surface area contributed by atoms with Crippen LogP contribution in [0.4, 0.5) is 0 Å². The van der Waals surface area contributed by atoms with E-state index in [2.05, 4.69) is 20.8 Å². The second kappa shape index (κ2) is 11.6. The van der Waals surface area contributed by atoms with Crippen LogP contribution in [0.15, 0.2) is 0 Å². The summed E-state index contributed by atoms with van der Waals surface area (Å²) in [4.78, 5) is 0. The molecule has 2 aliphatic rings. The van der Waals surface area contributed by atoms with Crippen molar-refractivity contribution in [3.05, 3.63) is 0 Å². The van der Waals surface area contributed by atoms with Gasteiger partial charge in [0.25, 0.3) is 0 Å². The predicted octanol–water partition coefficient (Wildman–Crippen LogP) is 7.38. The molecule has 0 N–H and O–H groups in total. The second-order valence-corrected chi connectivity index (χ2v) is 8.78. The van der Waals surface area contributed by atoms with Crippen molar-refractivity contribution >= 4 is 0 Å². The highest BCUT2D eigenvalue weighted by molar-refractivity contribution is 4.86. The fourth-order valence-corrected chi connectivity index (χ4v) is 5.36. The number of unbranched alkanes of at least 4 members (excludes halogenated alkanes) is 3. The molecule has 1 nitrogen and oxygen atoms in total. The molecule has 0 bridgehead atoms. The summed E-state index contributed by atoms with van der Waals surface area (Å²) in [6.07, 6.45) is 20.5. The third-order valence-corrected chi connectivity index (χ3v) is 7.08. The Morgan fingerprint density at radius 3 is 2.12 bits per heavy atom. The number of hydrogen-bond acceptors (Lipinski definition) is 1. The lowest BCUT2D eigenvalue weighted by atomic mass is 9.67. The number of rotatable bonds is 10. The fraction of sp³-hybridized carbons (Fsp3) is 1.00. The zero-order chi connectivity index (χ0) is 17.2. The molecule has 2 rings (SSSR count). The van der Waals surface area contributed by atoms with Gasteiger partial charge in [-0.15, -0.1) is 0 Å². The SMILES string of the molecule is CCCCCC1CCC(C2CC[C@@H](OCCCC)[C@H](CC)C2)CC1. The van der Waals surface area contributed by atoms with Crippen molar-refractivity contribution in [2.24, 2.45) is 23.7 Å². The van der Waals surface area contributed by atoms with Gasteiger partial charge in [-0.2, -0.15) is 0 Å². The Balaban J connectivity index is 1.70. The molecule has 1 heteroatoms. The van der Waals surface area contributed by atoms with Gasteiger partial charge in [-0.05, 0) is 62.2 Å². The highest BCUT2D eigenvalue weighted by atomic mass is 16.5. The molecule has 0 spiro atoms. The lowest BCUT2D eigenvalue weighted by molar-refractivity contribution is -0.0356. The first kappa shape index (κ1) is 20.3. The Labute approximate surface area is 152 Å². The third-order valence-electron chi connectivity index (χ3n) is 7.08. The lowest BCUT2D eigenvalue weighted by Gasteiger charge is -2.41. The molecule has 0 amide bonds. The maximum Gasteiger partial charge on any atom is 0.0603 e. The van der Waals surface area contributed by atoms with Crippen LogP contribution >= 0.6 is 0 Å². The molecule has 2 aliphatic carbocycles. The summed E-state index contributed by atoms with van der Waals surface area (Å²) >= 11 is 0. The average Bonchev–Trinajstić information content (AvgIpc) is 2.63. The Hall–Kier alpha value is -0.0400. The summed E-state index contributed by atoms with van der Waals surface area (Å²) in [5, 5.41) is 0. The minimum Gasteiger partial charge on any atom is -0.378 e. The number of hydrogen-bond donors (Lipinski definition) is 0. The minimum absolute atomic E-state index is 0.572. The maximum atomic E-state index is 6.23. The first-order chi connectivity index (χ1) is 11.8. The van der Waals surface area contributed by atoms with Crippen molar-refractivity contribution in [2.75, 3.05) is 6.61 Å². The largest absolute Gasteiger partial charge is 0.378 e. The zero-order valence-electron chi connectivity index (χ0n) is 16.9. The molecule has 3 atom stereocenters. The number of ether oxygens (including phenoxy) is 1. The second-order valence-electron chi connectivity index (χ2n) is 8.78. The van der Waals surface area contributed by atoms with E-state index in [9.17, 15) is 0 Å². The molecule has 0 saturated heterocycles. The molecule has 142 valence electrons. The lowest BCUT2D eigenvalue weighted by Crippen LogP contribution is -2.35. The standard InChI is InChI=1S/C23H44O/c1-4-7-9-10-19-11-13-21(14-12-19)22-15-16-23(20(6-3)18-22)24-17-8-5-2/h19-23H,4-18H2,1-3H3/t19?,20-,21?,22?,23-/m1/s1. The van der Waals surface area contributed by atoms with E-state index in [1.807, 2.05) is 0 Å². The van der Waals surface area contributed by atoms with Crippen LogP contribution in [0, 0.1) is 23.7 Å². The van der Waals surface area contributed by atoms with E-state index in [0.29, 0.717) is 6.10 Å². The van der Waals surface area contributed by atoms with Crippen LogP contribution in [0.3, 0.4) is 0 Å². The summed E-state index contributed by atoms with van der Waals surface area (Å²) in [6, 6.07) is 0. The van der Waals surface area contributed by atoms with Gasteiger partial charge in [0.15, 0.2) is 0 Å². The molecule has 2 fully saturated rings. The highest BCUT2D eigenvalue weighted by Crippen LogP contribution is 2.44. The van der Waals surface area contributed by atoms with Gasteiger partial charge in [0.2, 0.25) is 0 Å². The van der Waals surface area contributed by atoms with Crippen molar-refractivity contribution in [3.63, 3.8) is 0 Å². The van der Waals surface area contributed by atoms with Crippen molar-refractivity contribution in [3.8, 4) is 0 Å². The molecule has 24 heavy (non-hydrogen) atoms. The van der Waals surface area contributed by atoms with E-state index < -0.39 is 0 Å². The van der Waals surface area contributed by atoms with Crippen molar-refractivity contribution < 1.29 is 4.74 Å². The first-order valence-corrected chi connectivity index (χ1v) is 11.4. The van der Waals surface area contributed by atoms with Gasteiger partial charge in [0.1, 0.15) is 0 Å². The van der Waals surface area contributed by atoms with Crippen molar-refractivity contribution in [1.82, 2.24) is 0 Å². The monoisotopic (exact) mass is 336 g/mol. The molecule has 2 saturated carbocycles. The maximum absolute atomic E-state index is 6.23. The molecule has 0 radical (unpaired) electrons. The molecule has 0 aromatic rings. The zero-order valence-corrected chi connectivity index (χ0v) is 16.9. The van der Waals surface area contributed by atoms with Crippen LogP contribution in [0.25, 0.3) is 0 Å². The summed E-state index contributed by atoms with van der Waals surface area (Å²) in [5.74, 6) is 3.95. The molecule has 0 aromatic heterocycles. The summed E-state index contributed by atoms with van der Waals surface area (Å²) < 4.78 is 6.23.